The molecule has 5 aromatic carbocycles. The van der Waals surface area contributed by atoms with E-state index in [2.05, 4.69) is 26.7 Å². The van der Waals surface area contributed by atoms with Crippen LogP contribution < -0.4 is 19.3 Å². The van der Waals surface area contributed by atoms with Gasteiger partial charge in [-0.05, 0) is 78.1 Å². The van der Waals surface area contributed by atoms with Gasteiger partial charge in [0.05, 0.1) is 20.9 Å². The normalized spacial score (nSPS) is 14.9. The lowest BCUT2D eigenvalue weighted by Crippen LogP contribution is -2.46. The van der Waals surface area contributed by atoms with Crippen LogP contribution in [0.5, 0.6) is 11.5 Å². The Labute approximate surface area is 360 Å². The van der Waals surface area contributed by atoms with Crippen molar-refractivity contribution in [1.82, 2.24) is 14.5 Å². The third kappa shape index (κ3) is 9.97. The van der Waals surface area contributed by atoms with Crippen LogP contribution in [0.3, 0.4) is 0 Å². The topological polar surface area (TPSA) is 155 Å². The van der Waals surface area contributed by atoms with Crippen molar-refractivity contribution in [3.05, 3.63) is 141 Å². The first-order valence-electron chi connectivity index (χ1n) is 19.9. The largest absolute Gasteiger partial charge is 0.456 e. The van der Waals surface area contributed by atoms with Gasteiger partial charge in [-0.25, -0.2) is 13.1 Å². The van der Waals surface area contributed by atoms with Gasteiger partial charge in [-0.1, -0.05) is 60.1 Å². The van der Waals surface area contributed by atoms with Gasteiger partial charge < -0.3 is 24.2 Å². The zero-order valence-electron chi connectivity index (χ0n) is 34.1. The van der Waals surface area contributed by atoms with Gasteiger partial charge in [0.15, 0.2) is 0 Å². The fourth-order valence-electron chi connectivity index (χ4n) is 7.67. The number of piperazine rings is 1. The molecule has 0 atom stereocenters. The predicted molar refractivity (Wildman–Crippen MR) is 235 cm³/mol. The van der Waals surface area contributed by atoms with Gasteiger partial charge >= 0.3 is 0 Å². The molecule has 318 valence electrons. The Hall–Kier alpha value is -6.00. The van der Waals surface area contributed by atoms with Crippen LogP contribution in [-0.2, 0) is 21.3 Å². The molecule has 0 spiro atoms. The zero-order chi connectivity index (χ0) is 43.3. The van der Waals surface area contributed by atoms with Gasteiger partial charge in [0, 0.05) is 96.0 Å². The Balaban J connectivity index is 1.14. The quantitative estimate of drug-likeness (QED) is 0.0926. The minimum absolute atomic E-state index is 0.0166. The van der Waals surface area contributed by atoms with E-state index in [4.69, 9.17) is 21.1 Å². The van der Waals surface area contributed by atoms with Crippen LogP contribution in [-0.4, -0.2) is 102 Å². The fourth-order valence-corrected chi connectivity index (χ4v) is 8.78. The number of benzene rings is 5. The van der Waals surface area contributed by atoms with Crippen LogP contribution in [0.15, 0.2) is 114 Å². The Morgan fingerprint density at radius 2 is 1.54 bits per heavy atom. The SMILES string of the molecule is CN(C)C(=O)c1ccccc1Oc1cc(N2CCN(Cc3ccccc3-c3ccc(Cl)cc3)CC2)ccc1C(=O)NS(=O)(=O)c1ccc(N(C)C2CCOCC2)c([N+](=O)[O-])c1. The van der Waals surface area contributed by atoms with Crippen molar-refractivity contribution in [3.8, 4) is 22.6 Å². The summed E-state index contributed by atoms with van der Waals surface area (Å²) in [4.78, 5) is 46.0. The van der Waals surface area contributed by atoms with E-state index in [9.17, 15) is 28.1 Å². The minimum atomic E-state index is -4.62. The summed E-state index contributed by atoms with van der Waals surface area (Å²) in [6.45, 7) is 4.55. The van der Waals surface area contributed by atoms with Crippen LogP contribution in [0.4, 0.5) is 17.1 Å². The van der Waals surface area contributed by atoms with Gasteiger partial charge in [-0.2, -0.15) is 0 Å². The minimum Gasteiger partial charge on any atom is -0.456 e. The number of nitro benzene ring substituents is 1. The maximum atomic E-state index is 14.0. The van der Waals surface area contributed by atoms with Crippen LogP contribution in [0.1, 0.15) is 39.1 Å². The van der Waals surface area contributed by atoms with E-state index in [1.807, 2.05) is 36.4 Å². The molecule has 5 aromatic rings. The predicted octanol–water partition coefficient (Wildman–Crippen LogP) is 7.47. The molecule has 16 heteroatoms. The second-order valence-corrected chi connectivity index (χ2v) is 17.3. The number of hydrogen-bond donors (Lipinski definition) is 1. The van der Waals surface area contributed by atoms with Crippen LogP contribution in [0.25, 0.3) is 11.1 Å². The van der Waals surface area contributed by atoms with E-state index in [1.165, 1.54) is 28.7 Å². The molecule has 2 aliphatic rings. The highest BCUT2D eigenvalue weighted by Crippen LogP contribution is 2.36. The van der Waals surface area contributed by atoms with Gasteiger partial charge in [0.25, 0.3) is 27.5 Å². The van der Waals surface area contributed by atoms with E-state index < -0.39 is 31.4 Å². The van der Waals surface area contributed by atoms with Crippen molar-refractivity contribution >= 4 is 50.5 Å². The van der Waals surface area contributed by atoms with E-state index in [0.717, 1.165) is 42.5 Å². The van der Waals surface area contributed by atoms with Crippen LogP contribution >= 0.6 is 11.6 Å². The Kier molecular flexibility index (Phi) is 13.2. The van der Waals surface area contributed by atoms with Crippen molar-refractivity contribution in [2.24, 2.45) is 0 Å². The summed E-state index contributed by atoms with van der Waals surface area (Å²) in [6.07, 6.45) is 1.33. The highest BCUT2D eigenvalue weighted by atomic mass is 35.5. The molecule has 0 radical (unpaired) electrons. The van der Waals surface area contributed by atoms with Crippen molar-refractivity contribution in [2.75, 3.05) is 70.3 Å². The van der Waals surface area contributed by atoms with Gasteiger partial charge in [-0.3, -0.25) is 24.6 Å². The number of halogens is 1. The van der Waals surface area contributed by atoms with Gasteiger partial charge in [0.1, 0.15) is 17.2 Å². The van der Waals surface area contributed by atoms with E-state index >= 15 is 0 Å². The average molecular weight is 867 g/mol. The van der Waals surface area contributed by atoms with E-state index in [0.29, 0.717) is 44.2 Å². The van der Waals surface area contributed by atoms with Gasteiger partial charge in [0.2, 0.25) is 0 Å². The standard InChI is InChI=1S/C45H47ClN6O8S/c1-48(2)45(54)39-10-6-7-11-42(39)60-43-28-35(51-24-22-50(23-25-51)30-32-8-4-5-9-37(32)31-12-14-33(46)15-13-31)16-18-38(43)44(53)47-61(57,58)36-17-19-40(41(29-36)52(55)56)49(3)34-20-26-59-27-21-34/h4-19,28-29,34H,20-27,30H2,1-3H3,(H,47,53). The zero-order valence-corrected chi connectivity index (χ0v) is 35.7. The molecular formula is C45H47ClN6O8S. The molecular weight excluding hydrogens is 820 g/mol. The van der Waals surface area contributed by atoms with Crippen molar-refractivity contribution < 1.29 is 32.4 Å². The fraction of sp³-hybridized carbons (Fsp3) is 0.289. The number of hydrogen-bond acceptors (Lipinski definition) is 11. The number of nitrogens with zero attached hydrogens (tertiary/aromatic N) is 5. The molecule has 2 saturated heterocycles. The molecule has 61 heavy (non-hydrogen) atoms. The number of sulfonamides is 1. The summed E-state index contributed by atoms with van der Waals surface area (Å²) >= 11 is 6.15. The van der Waals surface area contributed by atoms with Gasteiger partial charge in [-0.15, -0.1) is 0 Å². The first-order chi connectivity index (χ1) is 29.3. The molecule has 1 N–H and O–H groups in total. The first kappa shape index (κ1) is 43.1. The number of rotatable bonds is 13. The third-order valence-electron chi connectivity index (χ3n) is 11.1. The van der Waals surface area contributed by atoms with E-state index in [-0.39, 0.29) is 40.3 Å². The summed E-state index contributed by atoms with van der Waals surface area (Å²) in [5, 5.41) is 12.9. The van der Waals surface area contributed by atoms with Crippen molar-refractivity contribution in [3.63, 3.8) is 0 Å². The number of nitrogens with one attached hydrogen (secondary N) is 1. The Morgan fingerprint density at radius 3 is 2.25 bits per heavy atom. The molecule has 0 saturated carbocycles. The molecule has 2 aliphatic heterocycles. The summed E-state index contributed by atoms with van der Waals surface area (Å²) in [5.41, 5.74) is 4.11. The number of para-hydroxylation sites is 1. The lowest BCUT2D eigenvalue weighted by atomic mass is 9.99. The maximum Gasteiger partial charge on any atom is 0.293 e. The molecule has 7 rings (SSSR count). The lowest BCUT2D eigenvalue weighted by molar-refractivity contribution is -0.384. The average Bonchev–Trinajstić information content (AvgIpc) is 3.26. The van der Waals surface area contributed by atoms with Crippen LogP contribution in [0.2, 0.25) is 5.02 Å². The summed E-state index contributed by atoms with van der Waals surface area (Å²) < 4.78 is 41.4. The number of carbonyl (C=O) groups is 2. The summed E-state index contributed by atoms with van der Waals surface area (Å²) in [7, 11) is 0.330. The van der Waals surface area contributed by atoms with Crippen molar-refractivity contribution in [2.45, 2.75) is 30.3 Å². The maximum absolute atomic E-state index is 14.0. The number of ether oxygens (including phenoxy) is 2. The Morgan fingerprint density at radius 1 is 0.852 bits per heavy atom. The third-order valence-corrected chi connectivity index (χ3v) is 12.6. The summed E-state index contributed by atoms with van der Waals surface area (Å²) in [5.74, 6) is -1.17. The molecule has 0 bridgehead atoms. The molecule has 2 fully saturated rings. The number of carbonyl (C=O) groups excluding carboxylic acids is 2. The number of anilines is 2. The highest BCUT2D eigenvalue weighted by molar-refractivity contribution is 7.90. The Bertz CT molecular complexity index is 2520. The lowest BCUT2D eigenvalue weighted by Gasteiger charge is -2.36. The molecule has 2 amide bonds. The molecule has 2 heterocycles. The number of amides is 2. The molecule has 0 aromatic heterocycles. The molecule has 0 unspecified atom stereocenters. The van der Waals surface area contributed by atoms with Crippen molar-refractivity contribution in [1.29, 1.82) is 0 Å². The van der Waals surface area contributed by atoms with Crippen LogP contribution in [0, 0.1) is 10.1 Å². The molecule has 14 nitrogen and oxygen atoms in total. The van der Waals surface area contributed by atoms with E-state index in [1.54, 1.807) is 62.4 Å². The molecule has 0 aliphatic carbocycles. The number of nitro groups is 1. The second-order valence-electron chi connectivity index (χ2n) is 15.2. The second kappa shape index (κ2) is 18.7. The smallest absolute Gasteiger partial charge is 0.293 e. The first-order valence-corrected chi connectivity index (χ1v) is 21.7. The highest BCUT2D eigenvalue weighted by Gasteiger charge is 2.30. The monoisotopic (exact) mass is 866 g/mol. The summed E-state index contributed by atoms with van der Waals surface area (Å²) in [6, 6.07) is 31.1.